The number of nitrogens with one attached hydrogen (secondary N) is 3. The second-order valence-electron chi connectivity index (χ2n) is 10.6. The van der Waals surface area contributed by atoms with Crippen LogP contribution < -0.4 is 10.6 Å². The van der Waals surface area contributed by atoms with Crippen molar-refractivity contribution >= 4 is 39.4 Å². The van der Waals surface area contributed by atoms with Gasteiger partial charge in [-0.1, -0.05) is 73.5 Å². The minimum atomic E-state index is -0.696. The van der Waals surface area contributed by atoms with Crippen molar-refractivity contribution in [3.8, 4) is 11.3 Å². The molecule has 0 saturated heterocycles. The summed E-state index contributed by atoms with van der Waals surface area (Å²) in [5, 5.41) is 7.94. The number of H-pyrrole nitrogens is 1. The molecule has 5 rings (SSSR count). The standard InChI is InChI=1S/C35H36N4O3/c1-24(40)12-4-2-7-19-32(39-34(41)29-16-10-20-30-27(29)17-11-22-36-30)35(42)37-23-21-28-26-15-8-9-18-31(26)38-33(28)25-13-5-3-6-14-25/h3,5-6,8-11,13-18,20,22,32,38H,2,4,7,12,19,21,23H2,1H3,(H,37,42)(H,39,41). The lowest BCUT2D eigenvalue weighted by molar-refractivity contribution is -0.123. The average molecular weight is 561 g/mol. The van der Waals surface area contributed by atoms with Gasteiger partial charge in [-0.2, -0.15) is 0 Å². The zero-order valence-corrected chi connectivity index (χ0v) is 23.9. The van der Waals surface area contributed by atoms with Gasteiger partial charge < -0.3 is 20.4 Å². The Morgan fingerprint density at radius 1 is 0.833 bits per heavy atom. The second-order valence-corrected chi connectivity index (χ2v) is 10.6. The zero-order chi connectivity index (χ0) is 29.3. The molecule has 2 aromatic heterocycles. The summed E-state index contributed by atoms with van der Waals surface area (Å²) in [6, 6.07) is 26.7. The van der Waals surface area contributed by atoms with Crippen LogP contribution in [0.5, 0.6) is 0 Å². The van der Waals surface area contributed by atoms with E-state index in [1.807, 2.05) is 42.5 Å². The molecule has 214 valence electrons. The highest BCUT2D eigenvalue weighted by Crippen LogP contribution is 2.30. The van der Waals surface area contributed by atoms with Crippen molar-refractivity contribution in [2.24, 2.45) is 0 Å². The Labute approximate surface area is 245 Å². The Morgan fingerprint density at radius 2 is 1.62 bits per heavy atom. The van der Waals surface area contributed by atoms with Gasteiger partial charge in [-0.3, -0.25) is 14.6 Å². The summed E-state index contributed by atoms with van der Waals surface area (Å²) in [5.74, 6) is -0.357. The van der Waals surface area contributed by atoms with Gasteiger partial charge in [-0.15, -0.1) is 0 Å². The maximum absolute atomic E-state index is 13.5. The molecule has 3 N–H and O–H groups in total. The second kappa shape index (κ2) is 13.7. The summed E-state index contributed by atoms with van der Waals surface area (Å²) in [4.78, 5) is 46.1. The van der Waals surface area contributed by atoms with E-state index in [0.29, 0.717) is 31.4 Å². The lowest BCUT2D eigenvalue weighted by Gasteiger charge is -2.19. The molecule has 2 amide bonds. The fourth-order valence-corrected chi connectivity index (χ4v) is 5.45. The van der Waals surface area contributed by atoms with Gasteiger partial charge in [0.2, 0.25) is 5.91 Å². The Bertz CT molecular complexity index is 1690. The van der Waals surface area contributed by atoms with Crippen LogP contribution in [0.2, 0.25) is 0 Å². The van der Waals surface area contributed by atoms with Crippen LogP contribution in [0, 0.1) is 0 Å². The molecular formula is C35H36N4O3. The highest BCUT2D eigenvalue weighted by atomic mass is 16.2. The van der Waals surface area contributed by atoms with E-state index in [1.54, 1.807) is 31.3 Å². The van der Waals surface area contributed by atoms with Gasteiger partial charge in [-0.25, -0.2) is 0 Å². The molecule has 0 fully saturated rings. The largest absolute Gasteiger partial charge is 0.354 e. The molecule has 0 aliphatic carbocycles. The number of para-hydroxylation sites is 1. The number of ketones is 1. The van der Waals surface area contributed by atoms with Crippen LogP contribution in [-0.2, 0) is 16.0 Å². The molecule has 0 radical (unpaired) electrons. The molecule has 42 heavy (non-hydrogen) atoms. The van der Waals surface area contributed by atoms with E-state index >= 15 is 0 Å². The van der Waals surface area contributed by atoms with E-state index < -0.39 is 6.04 Å². The summed E-state index contributed by atoms with van der Waals surface area (Å²) >= 11 is 0. The third kappa shape index (κ3) is 6.92. The van der Waals surface area contributed by atoms with Crippen LogP contribution in [-0.4, -0.2) is 40.2 Å². The van der Waals surface area contributed by atoms with Gasteiger partial charge in [0, 0.05) is 46.7 Å². The SMILES string of the molecule is CC(=O)CCCCCC(NC(=O)c1cccc2ncccc12)C(=O)NCCc1c(-c2ccccc2)[nH]c2ccccc12. The van der Waals surface area contributed by atoms with Gasteiger partial charge in [0.1, 0.15) is 11.8 Å². The first kappa shape index (κ1) is 28.7. The highest BCUT2D eigenvalue weighted by molar-refractivity contribution is 6.07. The maximum atomic E-state index is 13.5. The minimum Gasteiger partial charge on any atom is -0.354 e. The summed E-state index contributed by atoms with van der Waals surface area (Å²) in [6.45, 7) is 2.02. The number of nitrogens with zero attached hydrogens (tertiary/aromatic N) is 1. The van der Waals surface area contributed by atoms with Crippen molar-refractivity contribution in [3.05, 3.63) is 102 Å². The topological polar surface area (TPSA) is 104 Å². The first-order valence-electron chi connectivity index (χ1n) is 14.6. The fraction of sp³-hybridized carbons (Fsp3) is 0.257. The summed E-state index contributed by atoms with van der Waals surface area (Å²) < 4.78 is 0. The van der Waals surface area contributed by atoms with Gasteiger partial charge in [0.05, 0.1) is 5.52 Å². The molecule has 0 aliphatic rings. The maximum Gasteiger partial charge on any atom is 0.252 e. The van der Waals surface area contributed by atoms with E-state index in [2.05, 4.69) is 44.9 Å². The molecule has 1 atom stereocenters. The third-order valence-corrected chi connectivity index (χ3v) is 7.58. The summed E-state index contributed by atoms with van der Waals surface area (Å²) in [6.07, 6.45) is 5.65. The van der Waals surface area contributed by atoms with Crippen molar-refractivity contribution in [1.82, 2.24) is 20.6 Å². The van der Waals surface area contributed by atoms with E-state index in [1.165, 1.54) is 0 Å². The Hall–Kier alpha value is -4.78. The van der Waals surface area contributed by atoms with Crippen LogP contribution in [0.3, 0.4) is 0 Å². The van der Waals surface area contributed by atoms with E-state index in [-0.39, 0.29) is 17.6 Å². The highest BCUT2D eigenvalue weighted by Gasteiger charge is 2.22. The molecule has 0 bridgehead atoms. The molecule has 0 saturated carbocycles. The molecule has 5 aromatic rings. The number of Topliss-reactive ketones (excluding diaryl/α,β-unsaturated/α-hetero) is 1. The molecule has 7 heteroatoms. The van der Waals surface area contributed by atoms with Crippen LogP contribution >= 0.6 is 0 Å². The summed E-state index contributed by atoms with van der Waals surface area (Å²) in [5.41, 5.74) is 5.55. The lowest BCUT2D eigenvalue weighted by atomic mass is 10.0. The fourth-order valence-electron chi connectivity index (χ4n) is 5.45. The number of hydrogen-bond donors (Lipinski definition) is 3. The number of carbonyl (C=O) groups excluding carboxylic acids is 3. The predicted octanol–water partition coefficient (Wildman–Crippen LogP) is 6.38. The van der Waals surface area contributed by atoms with Crippen LogP contribution in [0.25, 0.3) is 33.1 Å². The molecule has 0 aliphatic heterocycles. The van der Waals surface area contributed by atoms with Crippen molar-refractivity contribution in [2.75, 3.05) is 6.54 Å². The van der Waals surface area contributed by atoms with E-state index in [9.17, 15) is 14.4 Å². The normalized spacial score (nSPS) is 11.8. The predicted molar refractivity (Wildman–Crippen MR) is 167 cm³/mol. The first-order chi connectivity index (χ1) is 20.5. The number of fused-ring (bicyclic) bond motifs is 2. The number of pyridine rings is 1. The minimum absolute atomic E-state index is 0.161. The van der Waals surface area contributed by atoms with Crippen LogP contribution in [0.4, 0.5) is 0 Å². The van der Waals surface area contributed by atoms with E-state index in [4.69, 9.17) is 0 Å². The number of aromatic nitrogens is 2. The number of carbonyl (C=O) groups is 3. The van der Waals surface area contributed by atoms with Crippen molar-refractivity contribution in [1.29, 1.82) is 0 Å². The van der Waals surface area contributed by atoms with Crippen LogP contribution in [0.15, 0.2) is 91.1 Å². The zero-order valence-electron chi connectivity index (χ0n) is 23.9. The number of benzene rings is 3. The number of unbranched alkanes of at least 4 members (excludes halogenated alkanes) is 2. The first-order valence-corrected chi connectivity index (χ1v) is 14.6. The third-order valence-electron chi connectivity index (χ3n) is 7.58. The van der Waals surface area contributed by atoms with E-state index in [0.717, 1.165) is 57.9 Å². The van der Waals surface area contributed by atoms with Gasteiger partial charge in [0.25, 0.3) is 5.91 Å². The monoisotopic (exact) mass is 560 g/mol. The van der Waals surface area contributed by atoms with Crippen molar-refractivity contribution < 1.29 is 14.4 Å². The molecule has 0 spiro atoms. The number of amides is 2. The molecule has 2 heterocycles. The summed E-state index contributed by atoms with van der Waals surface area (Å²) in [7, 11) is 0. The number of rotatable bonds is 13. The molecule has 1 unspecified atom stereocenters. The Morgan fingerprint density at radius 3 is 2.45 bits per heavy atom. The number of hydrogen-bond acceptors (Lipinski definition) is 4. The van der Waals surface area contributed by atoms with Gasteiger partial charge >= 0.3 is 0 Å². The van der Waals surface area contributed by atoms with Crippen molar-refractivity contribution in [3.63, 3.8) is 0 Å². The quantitative estimate of drug-likeness (QED) is 0.145. The Balaban J connectivity index is 1.30. The molecular weight excluding hydrogens is 524 g/mol. The Kier molecular flexibility index (Phi) is 9.39. The molecule has 7 nitrogen and oxygen atoms in total. The van der Waals surface area contributed by atoms with Gasteiger partial charge in [-0.05, 0) is 61.6 Å². The van der Waals surface area contributed by atoms with Gasteiger partial charge in [0.15, 0.2) is 0 Å². The van der Waals surface area contributed by atoms with Crippen molar-refractivity contribution in [2.45, 2.75) is 51.5 Å². The van der Waals surface area contributed by atoms with Crippen LogP contribution in [0.1, 0.15) is 54.9 Å². The smallest absolute Gasteiger partial charge is 0.252 e. The average Bonchev–Trinajstić information content (AvgIpc) is 3.38. The number of aromatic amines is 1. The molecule has 3 aromatic carbocycles. The lowest BCUT2D eigenvalue weighted by Crippen LogP contribution is -2.47.